The average molecular weight is 454 g/mol. The van der Waals surface area contributed by atoms with Gasteiger partial charge in [-0.05, 0) is 31.2 Å². The lowest BCUT2D eigenvalue weighted by molar-refractivity contribution is 0.0997. The number of amides is 1. The van der Waals surface area contributed by atoms with Crippen molar-refractivity contribution in [3.8, 4) is 22.8 Å². The molecule has 2 aromatic heterocycles. The molecule has 1 amide bonds. The summed E-state index contributed by atoms with van der Waals surface area (Å²) in [6, 6.07) is 14.4. The molecule has 0 saturated heterocycles. The Morgan fingerprint density at radius 1 is 1.21 bits per heavy atom. The van der Waals surface area contributed by atoms with Gasteiger partial charge in [0.25, 0.3) is 5.91 Å². The van der Waals surface area contributed by atoms with Crippen LogP contribution in [-0.2, 0) is 0 Å². The predicted octanol–water partition coefficient (Wildman–Crippen LogP) is 3.04. The lowest BCUT2D eigenvalue weighted by atomic mass is 10.2. The van der Waals surface area contributed by atoms with E-state index in [1.54, 1.807) is 24.3 Å². The lowest BCUT2D eigenvalue weighted by Crippen LogP contribution is -2.16. The van der Waals surface area contributed by atoms with Gasteiger partial charge in [0.2, 0.25) is 0 Å². The molecular formula is C20H16BrN5O3. The molecule has 8 nitrogen and oxygen atoms in total. The van der Waals surface area contributed by atoms with Crippen molar-refractivity contribution < 1.29 is 9.53 Å². The highest BCUT2D eigenvalue weighted by Gasteiger charge is 2.21. The minimum Gasteiger partial charge on any atom is -0.492 e. The number of benzene rings is 2. The third-order valence-corrected chi connectivity index (χ3v) is 4.75. The highest BCUT2D eigenvalue weighted by atomic mass is 79.9. The zero-order valence-corrected chi connectivity index (χ0v) is 16.9. The van der Waals surface area contributed by atoms with Crippen molar-refractivity contribution in [1.29, 1.82) is 0 Å². The van der Waals surface area contributed by atoms with Crippen molar-refractivity contribution in [3.05, 3.63) is 69.2 Å². The Hall–Kier alpha value is -3.46. The van der Waals surface area contributed by atoms with Gasteiger partial charge < -0.3 is 15.5 Å². The number of nitrogens with zero attached hydrogens (tertiary/aromatic N) is 3. The largest absolute Gasteiger partial charge is 0.492 e. The van der Waals surface area contributed by atoms with Gasteiger partial charge in [0.1, 0.15) is 11.3 Å². The topological polar surface area (TPSA) is 116 Å². The van der Waals surface area contributed by atoms with Crippen molar-refractivity contribution in [1.82, 2.24) is 19.5 Å². The Labute approximate surface area is 173 Å². The van der Waals surface area contributed by atoms with E-state index >= 15 is 0 Å². The lowest BCUT2D eigenvalue weighted by Gasteiger charge is -2.11. The third kappa shape index (κ3) is 3.40. The number of rotatable bonds is 5. The average Bonchev–Trinajstić information content (AvgIpc) is 3.03. The number of nitrogens with two attached hydrogens (primary N) is 1. The highest BCUT2D eigenvalue weighted by Crippen LogP contribution is 2.27. The molecule has 0 saturated carbocycles. The van der Waals surface area contributed by atoms with Gasteiger partial charge in [-0.3, -0.25) is 4.79 Å². The molecular weight excluding hydrogens is 438 g/mol. The minimum atomic E-state index is -0.764. The van der Waals surface area contributed by atoms with Gasteiger partial charge in [0.15, 0.2) is 17.2 Å². The zero-order chi connectivity index (χ0) is 20.5. The Balaban J connectivity index is 2.06. The van der Waals surface area contributed by atoms with Crippen LogP contribution in [0.4, 0.5) is 0 Å². The Kier molecular flexibility index (Phi) is 4.89. The summed E-state index contributed by atoms with van der Waals surface area (Å²) in [6.07, 6.45) is 0. The normalized spacial score (nSPS) is 11.0. The van der Waals surface area contributed by atoms with E-state index in [0.717, 1.165) is 4.47 Å². The van der Waals surface area contributed by atoms with Crippen LogP contribution in [0.2, 0.25) is 0 Å². The van der Waals surface area contributed by atoms with E-state index in [2.05, 4.69) is 30.9 Å². The van der Waals surface area contributed by atoms with Crippen LogP contribution < -0.4 is 16.2 Å². The third-order valence-electron chi connectivity index (χ3n) is 4.26. The molecule has 146 valence electrons. The second-order valence-electron chi connectivity index (χ2n) is 6.14. The number of imidazole rings is 1. The molecule has 29 heavy (non-hydrogen) atoms. The number of ether oxygens (including phenoxy) is 1. The molecule has 0 bridgehead atoms. The maximum atomic E-state index is 12.8. The number of hydrogen-bond acceptors (Lipinski definition) is 5. The van der Waals surface area contributed by atoms with Crippen molar-refractivity contribution in [3.63, 3.8) is 0 Å². The maximum absolute atomic E-state index is 12.8. The molecule has 3 N–H and O–H groups in total. The van der Waals surface area contributed by atoms with Crippen LogP contribution in [0.25, 0.3) is 28.2 Å². The zero-order valence-electron chi connectivity index (χ0n) is 15.3. The number of H-pyrrole nitrogens is 1. The molecule has 0 spiro atoms. The van der Waals surface area contributed by atoms with Gasteiger partial charge in [-0.15, -0.1) is 0 Å². The van der Waals surface area contributed by atoms with Crippen molar-refractivity contribution in [2.24, 2.45) is 5.73 Å². The smallest absolute Gasteiger partial charge is 0.332 e. The summed E-state index contributed by atoms with van der Waals surface area (Å²) in [5, 5.41) is 0. The maximum Gasteiger partial charge on any atom is 0.332 e. The summed E-state index contributed by atoms with van der Waals surface area (Å²) in [5.74, 6) is 0.0237. The fraction of sp³-hybridized carbons (Fsp3) is 0.100. The molecule has 0 fully saturated rings. The summed E-state index contributed by atoms with van der Waals surface area (Å²) in [6.45, 7) is 2.28. The molecule has 4 rings (SSSR count). The SMILES string of the molecule is CCOc1ccccc1-n1c(=O)[nH]c2c(C(N)=O)nc(-c3cccc(Br)c3)nc21. The standard InChI is InChI=1S/C20H16BrN5O3/c1-2-29-14-9-4-3-8-13(14)26-19-16(24-20(26)28)15(17(22)27)23-18(25-19)11-6-5-7-12(21)10-11/h3-10H,2H2,1H3,(H2,22,27)(H,24,28). The quantitative estimate of drug-likeness (QED) is 0.481. The number of primary amides is 1. The highest BCUT2D eigenvalue weighted by molar-refractivity contribution is 9.10. The van der Waals surface area contributed by atoms with Crippen LogP contribution in [-0.4, -0.2) is 32.0 Å². The number of aromatic nitrogens is 4. The second kappa shape index (κ2) is 7.51. The number of hydrogen-bond donors (Lipinski definition) is 2. The van der Waals surface area contributed by atoms with Crippen LogP contribution in [0, 0.1) is 0 Å². The molecule has 9 heteroatoms. The minimum absolute atomic E-state index is 0.0604. The van der Waals surface area contributed by atoms with Crippen molar-refractivity contribution >= 4 is 33.0 Å². The first-order chi connectivity index (χ1) is 14.0. The van der Waals surface area contributed by atoms with Gasteiger partial charge >= 0.3 is 5.69 Å². The van der Waals surface area contributed by atoms with Crippen LogP contribution in [0.5, 0.6) is 5.75 Å². The van der Waals surface area contributed by atoms with Gasteiger partial charge in [0.05, 0.1) is 12.3 Å². The Bertz CT molecular complexity index is 1300. The Morgan fingerprint density at radius 2 is 2.00 bits per heavy atom. The van der Waals surface area contributed by atoms with Crippen LogP contribution in [0.3, 0.4) is 0 Å². The van der Waals surface area contributed by atoms with E-state index in [4.69, 9.17) is 10.5 Å². The fourth-order valence-electron chi connectivity index (χ4n) is 3.06. The monoisotopic (exact) mass is 453 g/mol. The van der Waals surface area contributed by atoms with E-state index in [9.17, 15) is 9.59 Å². The number of halogens is 1. The molecule has 2 heterocycles. The molecule has 0 aliphatic heterocycles. The van der Waals surface area contributed by atoms with Crippen molar-refractivity contribution in [2.75, 3.05) is 6.61 Å². The van der Waals surface area contributed by atoms with Gasteiger partial charge in [-0.1, -0.05) is 40.2 Å². The number of fused-ring (bicyclic) bond motifs is 1. The molecule has 0 radical (unpaired) electrons. The molecule has 0 aliphatic rings. The summed E-state index contributed by atoms with van der Waals surface area (Å²) in [5.41, 5.74) is 6.58. The van der Waals surface area contributed by atoms with E-state index in [1.807, 2.05) is 31.2 Å². The molecule has 0 aliphatic carbocycles. The van der Waals surface area contributed by atoms with Gasteiger partial charge in [-0.2, -0.15) is 0 Å². The van der Waals surface area contributed by atoms with E-state index in [0.29, 0.717) is 23.6 Å². The summed E-state index contributed by atoms with van der Waals surface area (Å²) in [4.78, 5) is 36.4. The number of aromatic amines is 1. The number of para-hydroxylation sites is 2. The van der Waals surface area contributed by atoms with Crippen LogP contribution >= 0.6 is 15.9 Å². The van der Waals surface area contributed by atoms with Crippen molar-refractivity contribution in [2.45, 2.75) is 6.92 Å². The second-order valence-corrected chi connectivity index (χ2v) is 7.05. The van der Waals surface area contributed by atoms with Gasteiger partial charge in [-0.25, -0.2) is 19.3 Å². The summed E-state index contributed by atoms with van der Waals surface area (Å²) >= 11 is 3.41. The number of carbonyl (C=O) groups excluding carboxylic acids is 1. The molecule has 2 aromatic carbocycles. The van der Waals surface area contributed by atoms with Crippen LogP contribution in [0.15, 0.2) is 57.8 Å². The summed E-state index contributed by atoms with van der Waals surface area (Å²) in [7, 11) is 0. The Morgan fingerprint density at radius 3 is 2.72 bits per heavy atom. The van der Waals surface area contributed by atoms with Gasteiger partial charge in [0, 0.05) is 10.0 Å². The first-order valence-electron chi connectivity index (χ1n) is 8.80. The first-order valence-corrected chi connectivity index (χ1v) is 9.59. The number of carbonyl (C=O) groups is 1. The summed E-state index contributed by atoms with van der Waals surface area (Å²) < 4.78 is 7.84. The predicted molar refractivity (Wildman–Crippen MR) is 112 cm³/mol. The van der Waals surface area contributed by atoms with Crippen LogP contribution in [0.1, 0.15) is 17.4 Å². The van der Waals surface area contributed by atoms with E-state index < -0.39 is 11.6 Å². The molecule has 0 unspecified atom stereocenters. The van der Waals surface area contributed by atoms with E-state index in [1.165, 1.54) is 4.57 Å². The number of nitrogens with one attached hydrogen (secondary N) is 1. The fourth-order valence-corrected chi connectivity index (χ4v) is 3.46. The molecule has 4 aromatic rings. The first kappa shape index (κ1) is 18.9. The van der Waals surface area contributed by atoms with E-state index in [-0.39, 0.29) is 22.7 Å². The molecule has 0 atom stereocenters.